The third-order valence-electron chi connectivity index (χ3n) is 2.52. The van der Waals surface area contributed by atoms with E-state index >= 15 is 0 Å². The van der Waals surface area contributed by atoms with E-state index in [0.717, 1.165) is 13.2 Å². The summed E-state index contributed by atoms with van der Waals surface area (Å²) in [5.74, 6) is 0. The Labute approximate surface area is 145 Å². The average Bonchev–Trinajstić information content (AvgIpc) is 3.24. The number of carbonyl (C=O) groups is 1. The molecule has 0 saturated carbocycles. The molecule has 1 aliphatic heterocycles. The summed E-state index contributed by atoms with van der Waals surface area (Å²) in [6.07, 6.45) is -7.22. The molecule has 21 heavy (non-hydrogen) atoms. The van der Waals surface area contributed by atoms with Crippen molar-refractivity contribution in [3.63, 3.8) is 0 Å². The molecule has 2 N–H and O–H groups in total. The van der Waals surface area contributed by atoms with Crippen molar-refractivity contribution in [2.45, 2.75) is 18.8 Å². The molecule has 5 nitrogen and oxygen atoms in total. The first kappa shape index (κ1) is 4.74. The van der Waals surface area contributed by atoms with Crippen molar-refractivity contribution in [3.8, 4) is 0 Å². The van der Waals surface area contributed by atoms with Crippen molar-refractivity contribution < 1.29 is 30.1 Å². The molecule has 1 aliphatic rings. The topological polar surface area (TPSA) is 57.4 Å². The second-order valence-electron chi connectivity index (χ2n) is 4.11. The van der Waals surface area contributed by atoms with E-state index in [1.165, 1.54) is 0 Å². The molecular formula is C16H21N3O2. The normalized spacial score (nSPS) is 37.2. The van der Waals surface area contributed by atoms with Crippen LogP contribution >= 0.6 is 0 Å². The summed E-state index contributed by atoms with van der Waals surface area (Å²) >= 11 is 0. The highest BCUT2D eigenvalue weighted by Crippen LogP contribution is 2.21. The molecule has 0 bridgehead atoms. The van der Waals surface area contributed by atoms with Crippen LogP contribution in [0.4, 0.5) is 4.79 Å². The number of nitrogens with zero attached hydrogens (tertiary/aromatic N) is 1. The lowest BCUT2D eigenvalue weighted by molar-refractivity contribution is 0.177. The van der Waals surface area contributed by atoms with Crippen LogP contribution in [0.5, 0.6) is 0 Å². The van der Waals surface area contributed by atoms with Gasteiger partial charge in [-0.05, 0) is 50.0 Å². The number of fused-ring (bicyclic) bond motifs is 1. The highest BCUT2D eigenvalue weighted by Gasteiger charge is 2.22. The Balaban J connectivity index is 2.36. The van der Waals surface area contributed by atoms with Crippen molar-refractivity contribution >= 4 is 17.0 Å². The number of carbonyl (C=O) groups excluding carboxylic acids is 1. The van der Waals surface area contributed by atoms with Crippen LogP contribution in [0.3, 0.4) is 0 Å². The smallest absolute Gasteiger partial charge is 0.407 e. The monoisotopic (exact) mass is 302 g/mol. The fourth-order valence-electron chi connectivity index (χ4n) is 1.67. The molecule has 1 amide bonds. The predicted molar refractivity (Wildman–Crippen MR) is 82.5 cm³/mol. The molecule has 1 aromatic carbocycles. The standard InChI is InChI=1S/C16H21N3O2/c1-19(2)6-5-12-9-17-15-4-3-11(8-14(12)15)7-13-10-21-16(20)18-13/h3-4,8-9,13,17H,5-7,10H2,1-2H3,(H,18,20)/t13-/m0/s1/i1D3,3D,4D,5D2,6D2,7D2,8D,10D2,13D. The number of nitrogens with one attached hydrogen (secondary N) is 2. The lowest BCUT2D eigenvalue weighted by Gasteiger charge is -2.09. The summed E-state index contributed by atoms with van der Waals surface area (Å²) in [7, 11) is 0.817. The molecule has 1 saturated heterocycles. The van der Waals surface area contributed by atoms with Crippen LogP contribution in [0, 0.1) is 0 Å². The van der Waals surface area contributed by atoms with E-state index < -0.39 is 79.5 Å². The Morgan fingerprint density at radius 2 is 2.62 bits per heavy atom. The zero-order valence-corrected chi connectivity index (χ0v) is 10.8. The average molecular weight is 302 g/mol. The summed E-state index contributed by atoms with van der Waals surface area (Å²) in [4.78, 5) is 14.3. The maximum absolute atomic E-state index is 11.7. The van der Waals surface area contributed by atoms with Gasteiger partial charge in [0.1, 0.15) is 6.56 Å². The molecule has 2 heterocycles. The molecule has 1 atom stereocenters. The van der Waals surface area contributed by atoms with Gasteiger partial charge in [0.05, 0.1) is 14.2 Å². The Hall–Kier alpha value is -2.01. The number of rotatable bonds is 5. The highest BCUT2D eigenvalue weighted by molar-refractivity contribution is 5.84. The van der Waals surface area contributed by atoms with E-state index in [4.69, 9.17) is 20.6 Å². The zero-order valence-electron chi connectivity index (χ0n) is 25.8. The second kappa shape index (κ2) is 5.77. The first-order valence-electron chi connectivity index (χ1n) is 13.3. The van der Waals surface area contributed by atoms with Gasteiger partial charge in [-0.15, -0.1) is 0 Å². The lowest BCUT2D eigenvalue weighted by Crippen LogP contribution is -2.28. The number of amides is 1. The van der Waals surface area contributed by atoms with Gasteiger partial charge in [0, 0.05) is 35.9 Å². The van der Waals surface area contributed by atoms with Gasteiger partial charge in [0.2, 0.25) is 0 Å². The summed E-state index contributed by atoms with van der Waals surface area (Å²) in [6, 6.07) is -6.00. The molecule has 2 aromatic rings. The number of likely N-dealkylation sites (N-methyl/N-ethyl adjacent to an activating group) is 1. The van der Waals surface area contributed by atoms with Crippen LogP contribution in [0.1, 0.15) is 31.7 Å². The molecule has 3 rings (SSSR count). The second-order valence-corrected chi connectivity index (χ2v) is 4.11. The number of ether oxygens (including phenoxy) is 1. The van der Waals surface area contributed by atoms with Crippen molar-refractivity contribution in [1.29, 1.82) is 0 Å². The van der Waals surface area contributed by atoms with Crippen molar-refractivity contribution in [1.82, 2.24) is 15.2 Å². The van der Waals surface area contributed by atoms with Gasteiger partial charge >= 0.3 is 6.09 Å². The SMILES string of the molecule is [2H]c1c(C([2H])([2H])[C@]2([2H])NC(=O)OC2([2H])[2H])c([2H])c2c(C([2H])([2H])C([2H])([2H])N(C)C([2H])([2H])[2H])c[nH]c2c1[2H]. The fourth-order valence-corrected chi connectivity index (χ4v) is 1.67. The summed E-state index contributed by atoms with van der Waals surface area (Å²) < 4.78 is 126. The predicted octanol–water partition coefficient (Wildman–Crippen LogP) is 1.92. The number of aryl methyl sites for hydroxylation is 1. The van der Waals surface area contributed by atoms with Crippen LogP contribution < -0.4 is 5.32 Å². The molecule has 0 spiro atoms. The number of H-pyrrole nitrogens is 1. The zero-order chi connectivity index (χ0) is 28.0. The molecule has 5 heteroatoms. The third kappa shape index (κ3) is 3.19. The van der Waals surface area contributed by atoms with Crippen LogP contribution in [0.15, 0.2) is 24.3 Å². The molecule has 0 radical (unpaired) electrons. The lowest BCUT2D eigenvalue weighted by atomic mass is 10.0. The van der Waals surface area contributed by atoms with E-state index in [2.05, 4.69) is 9.72 Å². The van der Waals surface area contributed by atoms with Crippen LogP contribution in [0.25, 0.3) is 10.9 Å². The number of hydrogen-bond donors (Lipinski definition) is 2. The van der Waals surface area contributed by atoms with Crippen molar-refractivity contribution in [3.05, 3.63) is 35.5 Å². The number of hydrogen-bond acceptors (Lipinski definition) is 3. The summed E-state index contributed by atoms with van der Waals surface area (Å²) in [5.41, 5.74) is -2.11. The molecule has 1 aromatic heterocycles. The molecule has 0 unspecified atom stereocenters. The number of aromatic nitrogens is 1. The molecular weight excluding hydrogens is 266 g/mol. The summed E-state index contributed by atoms with van der Waals surface area (Å²) in [6.45, 7) is -9.60. The van der Waals surface area contributed by atoms with Gasteiger partial charge in [0.15, 0.2) is 0 Å². The molecule has 0 aliphatic carbocycles. The van der Waals surface area contributed by atoms with Gasteiger partial charge in [-0.1, -0.05) is 6.04 Å². The van der Waals surface area contributed by atoms with Gasteiger partial charge in [0.25, 0.3) is 0 Å². The Morgan fingerprint density at radius 3 is 3.38 bits per heavy atom. The first-order valence-corrected chi connectivity index (χ1v) is 5.83. The number of alkyl carbamates (subject to hydrolysis) is 1. The Bertz CT molecular complexity index is 1240. The Morgan fingerprint density at radius 1 is 1.71 bits per heavy atom. The quantitative estimate of drug-likeness (QED) is 0.887. The minimum Gasteiger partial charge on any atom is -0.447 e. The van der Waals surface area contributed by atoms with Crippen LogP contribution in [-0.2, 0) is 17.5 Å². The third-order valence-corrected chi connectivity index (χ3v) is 2.52. The maximum atomic E-state index is 11.7. The number of aromatic amines is 1. The molecule has 112 valence electrons. The number of cyclic esters (lactones) is 1. The van der Waals surface area contributed by atoms with Gasteiger partial charge in [-0.3, -0.25) is 0 Å². The van der Waals surface area contributed by atoms with E-state index in [-0.39, 0.29) is 10.4 Å². The van der Waals surface area contributed by atoms with Crippen molar-refractivity contribution in [2.75, 3.05) is 27.1 Å². The summed E-state index contributed by atoms with van der Waals surface area (Å²) in [5, 5.41) is 1.11. The van der Waals surface area contributed by atoms with Gasteiger partial charge in [-0.2, -0.15) is 0 Å². The first-order chi connectivity index (χ1) is 16.0. The fraction of sp³-hybridized carbons (Fsp3) is 0.438. The molecule has 1 fully saturated rings. The van der Waals surface area contributed by atoms with Gasteiger partial charge in [-0.25, -0.2) is 4.79 Å². The minimum atomic E-state index is -3.41. The van der Waals surface area contributed by atoms with E-state index in [1.807, 2.05) is 0 Å². The van der Waals surface area contributed by atoms with Crippen molar-refractivity contribution in [2.24, 2.45) is 0 Å². The highest BCUT2D eigenvalue weighted by atomic mass is 16.6. The number of benzene rings is 1. The van der Waals surface area contributed by atoms with E-state index in [1.54, 1.807) is 5.32 Å². The van der Waals surface area contributed by atoms with Gasteiger partial charge < -0.3 is 19.9 Å². The van der Waals surface area contributed by atoms with Crippen LogP contribution in [-0.4, -0.2) is 49.1 Å². The largest absolute Gasteiger partial charge is 0.447 e. The van der Waals surface area contributed by atoms with Crippen LogP contribution in [0.2, 0.25) is 0 Å². The maximum Gasteiger partial charge on any atom is 0.407 e. The van der Waals surface area contributed by atoms with E-state index in [0.29, 0.717) is 0 Å². The minimum absolute atomic E-state index is 0.155. The Kier molecular flexibility index (Phi) is 1.30. The van der Waals surface area contributed by atoms with E-state index in [9.17, 15) is 4.79 Å².